The van der Waals surface area contributed by atoms with Gasteiger partial charge in [0.2, 0.25) is 5.88 Å². The number of carbonyl (C=O) groups is 1. The molecule has 0 radical (unpaired) electrons. The first-order valence-corrected chi connectivity index (χ1v) is 6.72. The maximum Gasteiger partial charge on any atom is 0.328 e. The Morgan fingerprint density at radius 2 is 1.83 bits per heavy atom. The Kier molecular flexibility index (Phi) is 3.63. The summed E-state index contributed by atoms with van der Waals surface area (Å²) in [4.78, 5) is 38.9. The number of hydrogen-bond acceptors (Lipinski definition) is 5. The van der Waals surface area contributed by atoms with Crippen molar-refractivity contribution in [3.8, 4) is 17.1 Å². The molecule has 0 fully saturated rings. The third kappa shape index (κ3) is 2.95. The molecule has 2 aromatic heterocycles. The number of hydrogen-bond donors (Lipinski definition) is 4. The molecule has 3 rings (SSSR count). The molecule has 4 N–H and O–H groups in total. The number of nitrogens with one attached hydrogen (secondary N) is 3. The summed E-state index contributed by atoms with van der Waals surface area (Å²) in [5.41, 5.74) is 0.286. The minimum absolute atomic E-state index is 0.174. The number of aromatic hydroxyl groups is 1. The number of rotatable bonds is 4. The lowest BCUT2D eigenvalue weighted by molar-refractivity contribution is 0.0991. The van der Waals surface area contributed by atoms with Crippen LogP contribution in [0.3, 0.4) is 0 Å². The Labute approximate surface area is 128 Å². The molecule has 116 valence electrons. The summed E-state index contributed by atoms with van der Waals surface area (Å²) in [5.74, 6) is -0.949. The van der Waals surface area contributed by atoms with Crippen LogP contribution in [0.15, 0.2) is 46.1 Å². The quantitative estimate of drug-likeness (QED) is 0.523. The van der Waals surface area contributed by atoms with E-state index >= 15 is 0 Å². The van der Waals surface area contributed by atoms with Gasteiger partial charge < -0.3 is 5.11 Å². The minimum Gasteiger partial charge on any atom is -0.494 e. The minimum atomic E-state index is -0.826. The highest BCUT2D eigenvalue weighted by molar-refractivity contribution is 5.98. The van der Waals surface area contributed by atoms with Crippen molar-refractivity contribution in [3.05, 3.63) is 68.5 Å². The van der Waals surface area contributed by atoms with Crippen molar-refractivity contribution in [3.63, 3.8) is 0 Å². The van der Waals surface area contributed by atoms with Crippen LogP contribution in [0.5, 0.6) is 5.88 Å². The first-order chi connectivity index (χ1) is 11.0. The highest BCUT2D eigenvalue weighted by atomic mass is 16.3. The van der Waals surface area contributed by atoms with E-state index in [4.69, 9.17) is 0 Å². The van der Waals surface area contributed by atoms with Gasteiger partial charge in [0.1, 0.15) is 0 Å². The Morgan fingerprint density at radius 1 is 1.09 bits per heavy atom. The lowest BCUT2D eigenvalue weighted by Gasteiger charge is -2.04. The predicted molar refractivity (Wildman–Crippen MR) is 81.4 cm³/mol. The molecule has 0 aliphatic carbocycles. The smallest absolute Gasteiger partial charge is 0.328 e. The average molecular weight is 312 g/mol. The molecular formula is C15H12N4O4. The second kappa shape index (κ2) is 5.76. The summed E-state index contributed by atoms with van der Waals surface area (Å²) >= 11 is 0. The van der Waals surface area contributed by atoms with Crippen molar-refractivity contribution in [2.24, 2.45) is 0 Å². The van der Waals surface area contributed by atoms with Gasteiger partial charge in [-0.3, -0.25) is 24.7 Å². The number of carbonyl (C=O) groups excluding carboxylic acids is 1. The van der Waals surface area contributed by atoms with E-state index in [2.05, 4.69) is 10.2 Å². The number of H-pyrrole nitrogens is 3. The van der Waals surface area contributed by atoms with Crippen LogP contribution in [0.1, 0.15) is 15.9 Å². The van der Waals surface area contributed by atoms with Crippen molar-refractivity contribution in [2.75, 3.05) is 0 Å². The third-order valence-electron chi connectivity index (χ3n) is 3.37. The zero-order valence-electron chi connectivity index (χ0n) is 11.8. The van der Waals surface area contributed by atoms with Crippen LogP contribution < -0.4 is 11.2 Å². The number of ketones is 1. The fraction of sp³-hybridized carbons (Fsp3) is 0.0667. The normalized spacial score (nSPS) is 10.6. The Hall–Kier alpha value is -3.42. The molecule has 8 heteroatoms. The van der Waals surface area contributed by atoms with E-state index in [0.717, 1.165) is 11.3 Å². The fourth-order valence-electron chi connectivity index (χ4n) is 2.18. The Balaban J connectivity index is 1.84. The van der Waals surface area contributed by atoms with E-state index in [1.807, 2.05) is 9.97 Å². The number of aromatic amines is 3. The van der Waals surface area contributed by atoms with Crippen LogP contribution in [0.4, 0.5) is 0 Å². The summed E-state index contributed by atoms with van der Waals surface area (Å²) in [6, 6.07) is 8.54. The standard InChI is InChI=1S/C15H12N4O4/c20-12(7-10-13(21)17-15(23)18-14(10)22)9-3-1-8(2-4-9)11-5-6-16-19-11/h1-6H,7H2,(H,16,19)(H3,17,18,21,22,23). The van der Waals surface area contributed by atoms with Crippen LogP contribution in [0, 0.1) is 0 Å². The highest BCUT2D eigenvalue weighted by Crippen LogP contribution is 2.18. The molecular weight excluding hydrogens is 300 g/mol. The maximum absolute atomic E-state index is 12.2. The summed E-state index contributed by atoms with van der Waals surface area (Å²) in [6.45, 7) is 0. The van der Waals surface area contributed by atoms with Crippen LogP contribution >= 0.6 is 0 Å². The van der Waals surface area contributed by atoms with Gasteiger partial charge >= 0.3 is 5.69 Å². The summed E-state index contributed by atoms with van der Waals surface area (Å²) in [5, 5.41) is 16.3. The molecule has 8 nitrogen and oxygen atoms in total. The van der Waals surface area contributed by atoms with Crippen molar-refractivity contribution >= 4 is 5.78 Å². The topological polar surface area (TPSA) is 132 Å². The molecule has 0 saturated carbocycles. The van der Waals surface area contributed by atoms with Gasteiger partial charge in [-0.05, 0) is 11.6 Å². The predicted octanol–water partition coefficient (Wildman–Crippen LogP) is 0.584. The number of aromatic nitrogens is 4. The third-order valence-corrected chi connectivity index (χ3v) is 3.37. The number of nitrogens with zero attached hydrogens (tertiary/aromatic N) is 1. The van der Waals surface area contributed by atoms with E-state index in [9.17, 15) is 19.5 Å². The molecule has 0 atom stereocenters. The van der Waals surface area contributed by atoms with Gasteiger partial charge in [0.15, 0.2) is 5.78 Å². The van der Waals surface area contributed by atoms with Crippen LogP contribution in [0.2, 0.25) is 0 Å². The second-order valence-electron chi connectivity index (χ2n) is 4.88. The van der Waals surface area contributed by atoms with Crippen molar-refractivity contribution in [1.29, 1.82) is 0 Å². The van der Waals surface area contributed by atoms with E-state index in [1.165, 1.54) is 0 Å². The van der Waals surface area contributed by atoms with Gasteiger partial charge in [-0.1, -0.05) is 24.3 Å². The molecule has 23 heavy (non-hydrogen) atoms. The summed E-state index contributed by atoms with van der Waals surface area (Å²) in [7, 11) is 0. The van der Waals surface area contributed by atoms with Gasteiger partial charge in [-0.15, -0.1) is 0 Å². The van der Waals surface area contributed by atoms with Crippen molar-refractivity contribution < 1.29 is 9.90 Å². The average Bonchev–Trinajstić information content (AvgIpc) is 3.05. The SMILES string of the molecule is O=C(Cc1c(O)[nH]c(=O)[nH]c1=O)c1ccc(-c2ccn[nH]2)cc1. The van der Waals surface area contributed by atoms with Gasteiger partial charge in [0.25, 0.3) is 5.56 Å². The molecule has 0 aliphatic rings. The number of benzene rings is 1. The van der Waals surface area contributed by atoms with Crippen LogP contribution in [-0.4, -0.2) is 31.1 Å². The first-order valence-electron chi connectivity index (χ1n) is 6.72. The molecule has 0 aliphatic heterocycles. The number of Topliss-reactive ketones (excluding diaryl/α,β-unsaturated/α-hetero) is 1. The van der Waals surface area contributed by atoms with E-state index in [-0.39, 0.29) is 17.8 Å². The second-order valence-corrected chi connectivity index (χ2v) is 4.88. The summed E-state index contributed by atoms with van der Waals surface area (Å²) in [6.07, 6.45) is 1.31. The molecule has 0 bridgehead atoms. The first kappa shape index (κ1) is 14.5. The molecule has 0 amide bonds. The highest BCUT2D eigenvalue weighted by Gasteiger charge is 2.15. The Morgan fingerprint density at radius 3 is 2.43 bits per heavy atom. The fourth-order valence-corrected chi connectivity index (χ4v) is 2.18. The zero-order valence-corrected chi connectivity index (χ0v) is 11.8. The molecule has 3 aromatic rings. The monoisotopic (exact) mass is 312 g/mol. The molecule has 1 aromatic carbocycles. The van der Waals surface area contributed by atoms with Crippen LogP contribution in [0.25, 0.3) is 11.3 Å². The lowest BCUT2D eigenvalue weighted by Crippen LogP contribution is -2.26. The largest absolute Gasteiger partial charge is 0.494 e. The molecule has 0 unspecified atom stereocenters. The van der Waals surface area contributed by atoms with E-state index in [0.29, 0.717) is 5.56 Å². The lowest BCUT2D eigenvalue weighted by atomic mass is 10.0. The van der Waals surface area contributed by atoms with Gasteiger partial charge in [0.05, 0.1) is 11.3 Å². The van der Waals surface area contributed by atoms with Gasteiger partial charge in [0, 0.05) is 18.2 Å². The molecule has 0 saturated heterocycles. The molecule has 2 heterocycles. The van der Waals surface area contributed by atoms with E-state index in [1.54, 1.807) is 36.5 Å². The van der Waals surface area contributed by atoms with Crippen molar-refractivity contribution in [1.82, 2.24) is 20.2 Å². The molecule has 0 spiro atoms. The van der Waals surface area contributed by atoms with Crippen molar-refractivity contribution in [2.45, 2.75) is 6.42 Å². The maximum atomic E-state index is 12.2. The Bertz CT molecular complexity index is 952. The summed E-state index contributed by atoms with van der Waals surface area (Å²) < 4.78 is 0. The van der Waals surface area contributed by atoms with Gasteiger partial charge in [-0.2, -0.15) is 5.10 Å². The van der Waals surface area contributed by atoms with E-state index < -0.39 is 17.1 Å². The van der Waals surface area contributed by atoms with Gasteiger partial charge in [-0.25, -0.2) is 4.79 Å². The van der Waals surface area contributed by atoms with Crippen LogP contribution in [-0.2, 0) is 6.42 Å². The zero-order chi connectivity index (χ0) is 16.4.